The maximum atomic E-state index is 12.2. The molecule has 2 rings (SSSR count). The van der Waals surface area contributed by atoms with Gasteiger partial charge in [-0.3, -0.25) is 4.79 Å². The highest BCUT2D eigenvalue weighted by Gasteiger charge is 2.22. The van der Waals surface area contributed by atoms with Gasteiger partial charge in [-0.05, 0) is 30.7 Å². The molecule has 4 N–H and O–H groups in total. The highest BCUT2D eigenvalue weighted by molar-refractivity contribution is 8.00. The van der Waals surface area contributed by atoms with Crippen molar-refractivity contribution in [1.29, 1.82) is 0 Å². The molecule has 1 unspecified atom stereocenters. The van der Waals surface area contributed by atoms with Crippen molar-refractivity contribution in [2.45, 2.75) is 24.5 Å². The number of anilines is 1. The van der Waals surface area contributed by atoms with Crippen molar-refractivity contribution < 1.29 is 10.0 Å². The normalized spacial score (nSPS) is 20.0. The van der Waals surface area contributed by atoms with Crippen LogP contribution in [0.25, 0.3) is 0 Å². The Balaban J connectivity index is 2.12. The molecule has 0 bridgehead atoms. The molecule has 1 atom stereocenters. The van der Waals surface area contributed by atoms with E-state index in [1.54, 1.807) is 36.0 Å². The lowest BCUT2D eigenvalue weighted by molar-refractivity contribution is -0.115. The summed E-state index contributed by atoms with van der Waals surface area (Å²) < 4.78 is 0. The second-order valence-corrected chi connectivity index (χ2v) is 5.69. The average Bonchev–Trinajstić information content (AvgIpc) is 2.48. The second-order valence-electron chi connectivity index (χ2n) is 4.38. The summed E-state index contributed by atoms with van der Waals surface area (Å²) >= 11 is 1.69. The predicted octanol–water partition coefficient (Wildman–Crippen LogP) is 2.01. The van der Waals surface area contributed by atoms with Crippen LogP contribution in [0.2, 0.25) is 0 Å². The first-order chi connectivity index (χ1) is 9.22. The first-order valence-corrected chi connectivity index (χ1v) is 7.26. The van der Waals surface area contributed by atoms with Gasteiger partial charge in [-0.1, -0.05) is 23.7 Å². The summed E-state index contributed by atoms with van der Waals surface area (Å²) in [5.41, 5.74) is 6.70. The smallest absolute Gasteiger partial charge is 0.237 e. The minimum absolute atomic E-state index is 0.00547. The number of amides is 1. The fraction of sp³-hybridized carbons (Fsp3) is 0.385. The fourth-order valence-electron chi connectivity index (χ4n) is 2.03. The zero-order chi connectivity index (χ0) is 13.7. The third-order valence-electron chi connectivity index (χ3n) is 3.04. The van der Waals surface area contributed by atoms with E-state index in [2.05, 4.69) is 10.5 Å². The van der Waals surface area contributed by atoms with Gasteiger partial charge in [-0.15, -0.1) is 11.8 Å². The van der Waals surface area contributed by atoms with Gasteiger partial charge in [0.25, 0.3) is 0 Å². The maximum absolute atomic E-state index is 12.2. The molecular weight excluding hydrogens is 262 g/mol. The number of nitrogens with one attached hydrogen (secondary N) is 1. The summed E-state index contributed by atoms with van der Waals surface area (Å²) in [4.78, 5) is 12.2. The summed E-state index contributed by atoms with van der Waals surface area (Å²) in [7, 11) is 0. The van der Waals surface area contributed by atoms with Crippen molar-refractivity contribution in [3.8, 4) is 0 Å². The van der Waals surface area contributed by atoms with Crippen molar-refractivity contribution in [1.82, 2.24) is 0 Å². The molecule has 102 valence electrons. The second kappa shape index (κ2) is 6.47. The minimum atomic E-state index is -0.0112. The molecule has 5 nitrogen and oxygen atoms in total. The van der Waals surface area contributed by atoms with Gasteiger partial charge in [0.05, 0.1) is 10.9 Å². The molecule has 0 radical (unpaired) electrons. The molecule has 6 heteroatoms. The number of benzene rings is 1. The number of amidine groups is 1. The molecule has 1 aliphatic rings. The maximum Gasteiger partial charge on any atom is 0.237 e. The van der Waals surface area contributed by atoms with Crippen molar-refractivity contribution in [2.24, 2.45) is 10.9 Å². The van der Waals surface area contributed by atoms with E-state index in [0.717, 1.165) is 18.6 Å². The Bertz CT molecular complexity index is 485. The van der Waals surface area contributed by atoms with Crippen LogP contribution in [-0.4, -0.2) is 28.0 Å². The van der Waals surface area contributed by atoms with E-state index in [1.807, 2.05) is 0 Å². The van der Waals surface area contributed by atoms with Crippen LogP contribution < -0.4 is 11.1 Å². The molecule has 1 fully saturated rings. The molecule has 1 saturated heterocycles. The van der Waals surface area contributed by atoms with E-state index in [4.69, 9.17) is 10.9 Å². The zero-order valence-corrected chi connectivity index (χ0v) is 11.3. The lowest BCUT2D eigenvalue weighted by Crippen LogP contribution is -2.28. The monoisotopic (exact) mass is 279 g/mol. The summed E-state index contributed by atoms with van der Waals surface area (Å²) in [5.74, 6) is 1.01. The number of oxime groups is 1. The first kappa shape index (κ1) is 13.7. The molecule has 1 aromatic carbocycles. The highest BCUT2D eigenvalue weighted by Crippen LogP contribution is 2.26. The molecule has 0 aromatic heterocycles. The van der Waals surface area contributed by atoms with E-state index < -0.39 is 0 Å². The number of para-hydroxylation sites is 1. The molecule has 1 amide bonds. The Kier molecular flexibility index (Phi) is 4.68. The fourth-order valence-corrected chi connectivity index (χ4v) is 3.23. The highest BCUT2D eigenvalue weighted by atomic mass is 32.2. The lowest BCUT2D eigenvalue weighted by atomic mass is 10.1. The van der Waals surface area contributed by atoms with Gasteiger partial charge in [0.2, 0.25) is 5.91 Å². The molecular formula is C13H17N3O2S. The Hall–Kier alpha value is -1.69. The van der Waals surface area contributed by atoms with E-state index in [0.29, 0.717) is 11.3 Å². The summed E-state index contributed by atoms with van der Waals surface area (Å²) in [6.07, 6.45) is 3.17. The number of nitrogens with two attached hydrogens (primary N) is 1. The van der Waals surface area contributed by atoms with E-state index in [-0.39, 0.29) is 17.0 Å². The quantitative estimate of drug-likeness (QED) is 0.342. The van der Waals surface area contributed by atoms with Crippen molar-refractivity contribution in [2.75, 3.05) is 11.1 Å². The van der Waals surface area contributed by atoms with Gasteiger partial charge >= 0.3 is 0 Å². The molecule has 19 heavy (non-hydrogen) atoms. The molecule has 0 aliphatic carbocycles. The summed E-state index contributed by atoms with van der Waals surface area (Å²) in [6, 6.07) is 7.04. The van der Waals surface area contributed by atoms with Gasteiger partial charge in [0.1, 0.15) is 0 Å². The summed E-state index contributed by atoms with van der Waals surface area (Å²) in [6.45, 7) is 0. The number of hydrogen-bond acceptors (Lipinski definition) is 4. The standard InChI is InChI=1S/C13H17N3O2S/c14-12(16-18)9-5-1-2-6-10(9)15-13(17)11-7-3-4-8-19-11/h1-2,5-6,11,18H,3-4,7-8H2,(H2,14,16)(H,15,17). The van der Waals surface area contributed by atoms with Gasteiger partial charge in [0, 0.05) is 5.56 Å². The van der Waals surface area contributed by atoms with Crippen molar-refractivity contribution in [3.05, 3.63) is 29.8 Å². The first-order valence-electron chi connectivity index (χ1n) is 6.22. The van der Waals surface area contributed by atoms with Gasteiger partial charge in [-0.25, -0.2) is 0 Å². The topological polar surface area (TPSA) is 87.7 Å². The van der Waals surface area contributed by atoms with Crippen LogP contribution in [0.3, 0.4) is 0 Å². The zero-order valence-electron chi connectivity index (χ0n) is 10.5. The Morgan fingerprint density at radius 1 is 1.42 bits per heavy atom. The third kappa shape index (κ3) is 3.41. The van der Waals surface area contributed by atoms with Crippen molar-refractivity contribution >= 4 is 29.2 Å². The summed E-state index contributed by atoms with van der Waals surface area (Å²) in [5, 5.41) is 14.6. The van der Waals surface area contributed by atoms with Gasteiger partial charge in [-0.2, -0.15) is 0 Å². The largest absolute Gasteiger partial charge is 0.409 e. The number of nitrogens with zero attached hydrogens (tertiary/aromatic N) is 1. The minimum Gasteiger partial charge on any atom is -0.409 e. The molecule has 1 aliphatic heterocycles. The molecule has 1 aromatic rings. The molecule has 1 heterocycles. The van der Waals surface area contributed by atoms with Crippen LogP contribution in [0.15, 0.2) is 29.4 Å². The van der Waals surface area contributed by atoms with E-state index in [1.165, 1.54) is 6.42 Å². The number of carbonyl (C=O) groups is 1. The van der Waals surface area contributed by atoms with Crippen LogP contribution >= 0.6 is 11.8 Å². The number of carbonyl (C=O) groups excluding carboxylic acids is 1. The Morgan fingerprint density at radius 3 is 2.89 bits per heavy atom. The molecule has 0 spiro atoms. The van der Waals surface area contributed by atoms with Gasteiger partial charge < -0.3 is 16.3 Å². The third-order valence-corrected chi connectivity index (χ3v) is 4.42. The Labute approximate surface area is 116 Å². The van der Waals surface area contributed by atoms with Crippen LogP contribution in [0.1, 0.15) is 24.8 Å². The number of thioether (sulfide) groups is 1. The Morgan fingerprint density at radius 2 is 2.21 bits per heavy atom. The average molecular weight is 279 g/mol. The van der Waals surface area contributed by atoms with Crippen molar-refractivity contribution in [3.63, 3.8) is 0 Å². The number of rotatable bonds is 3. The van der Waals surface area contributed by atoms with Crippen LogP contribution in [0.4, 0.5) is 5.69 Å². The van der Waals surface area contributed by atoms with Crippen LogP contribution in [0, 0.1) is 0 Å². The van der Waals surface area contributed by atoms with Crippen LogP contribution in [-0.2, 0) is 4.79 Å². The van der Waals surface area contributed by atoms with E-state index >= 15 is 0 Å². The van der Waals surface area contributed by atoms with Gasteiger partial charge in [0.15, 0.2) is 5.84 Å². The SMILES string of the molecule is N/C(=N/O)c1ccccc1NC(=O)C1CCCCS1. The molecule has 0 saturated carbocycles. The predicted molar refractivity (Wildman–Crippen MR) is 77.7 cm³/mol. The lowest BCUT2D eigenvalue weighted by Gasteiger charge is -2.21. The van der Waals surface area contributed by atoms with E-state index in [9.17, 15) is 4.79 Å². The number of hydrogen-bond donors (Lipinski definition) is 3. The van der Waals surface area contributed by atoms with Crippen LogP contribution in [0.5, 0.6) is 0 Å².